The maximum atomic E-state index is 5.92. The van der Waals surface area contributed by atoms with E-state index in [2.05, 4.69) is 10.3 Å². The molecule has 0 spiro atoms. The van der Waals surface area contributed by atoms with E-state index in [4.69, 9.17) is 22.1 Å². The third-order valence-electron chi connectivity index (χ3n) is 3.66. The summed E-state index contributed by atoms with van der Waals surface area (Å²) in [5.41, 5.74) is 6.97. The van der Waals surface area contributed by atoms with E-state index >= 15 is 0 Å². The number of guanidine groups is 1. The van der Waals surface area contributed by atoms with E-state index in [1.807, 2.05) is 24.3 Å². The molecule has 0 bridgehead atoms. The predicted molar refractivity (Wildman–Crippen MR) is 83.1 cm³/mol. The Kier molecular flexibility index (Phi) is 5.68. The van der Waals surface area contributed by atoms with E-state index in [0.29, 0.717) is 18.5 Å². The van der Waals surface area contributed by atoms with E-state index in [-0.39, 0.29) is 6.10 Å². The first-order valence-corrected chi connectivity index (χ1v) is 7.41. The van der Waals surface area contributed by atoms with Crippen LogP contribution < -0.4 is 11.1 Å². The lowest BCUT2D eigenvalue weighted by molar-refractivity contribution is 0.111. The first kappa shape index (κ1) is 15.1. The predicted octanol–water partition coefficient (Wildman–Crippen LogP) is 2.87. The molecule has 0 amide bonds. The number of nitrogens with one attached hydrogen (secondary N) is 1. The first-order valence-electron chi connectivity index (χ1n) is 7.03. The molecule has 3 N–H and O–H groups in total. The number of aliphatic imine (C=N–C) groups is 1. The monoisotopic (exact) mass is 295 g/mol. The molecule has 0 aromatic heterocycles. The molecule has 110 valence electrons. The molecular formula is C15H22ClN3O. The Bertz CT molecular complexity index is 441. The molecule has 4 nitrogen and oxygen atoms in total. The number of benzene rings is 1. The maximum Gasteiger partial charge on any atom is 0.188 e. The third kappa shape index (κ3) is 4.39. The molecule has 1 fully saturated rings. The number of ether oxygens (including phenoxy) is 1. The summed E-state index contributed by atoms with van der Waals surface area (Å²) in [4.78, 5) is 4.38. The number of rotatable bonds is 5. The van der Waals surface area contributed by atoms with Gasteiger partial charge in [-0.15, -0.1) is 0 Å². The van der Waals surface area contributed by atoms with Gasteiger partial charge >= 0.3 is 0 Å². The van der Waals surface area contributed by atoms with Gasteiger partial charge in [-0.1, -0.05) is 36.6 Å². The Hall–Kier alpha value is -1.26. The van der Waals surface area contributed by atoms with Gasteiger partial charge in [0.25, 0.3) is 0 Å². The number of hydrogen-bond donors (Lipinski definition) is 2. The minimum atomic E-state index is -0.101. The summed E-state index contributed by atoms with van der Waals surface area (Å²) in [6.45, 7) is 0.504. The maximum absolute atomic E-state index is 5.92. The quantitative estimate of drug-likeness (QED) is 0.649. The zero-order valence-corrected chi connectivity index (χ0v) is 12.6. The number of methoxy groups -OCH3 is 1. The van der Waals surface area contributed by atoms with Crippen molar-refractivity contribution in [2.45, 2.75) is 37.8 Å². The molecule has 0 aliphatic heterocycles. The van der Waals surface area contributed by atoms with Crippen LogP contribution in [0.25, 0.3) is 0 Å². The van der Waals surface area contributed by atoms with Gasteiger partial charge in [-0.25, -0.2) is 0 Å². The van der Waals surface area contributed by atoms with Crippen LogP contribution in [0.1, 0.15) is 37.4 Å². The second-order valence-electron chi connectivity index (χ2n) is 5.13. The van der Waals surface area contributed by atoms with Crippen LogP contribution in [0.3, 0.4) is 0 Å². The standard InChI is InChI=1S/C15H22ClN3O/c1-20-14(11-6-8-12(16)9-7-11)10-18-15(17)19-13-4-2-3-5-13/h6-9,13-14H,2-5,10H2,1H3,(H3,17,18,19). The van der Waals surface area contributed by atoms with E-state index in [9.17, 15) is 0 Å². The summed E-state index contributed by atoms with van der Waals surface area (Å²) in [5.74, 6) is 0.507. The molecule has 1 atom stereocenters. The van der Waals surface area contributed by atoms with Crippen molar-refractivity contribution >= 4 is 17.6 Å². The van der Waals surface area contributed by atoms with Crippen LogP contribution in [0, 0.1) is 0 Å². The Morgan fingerprint density at radius 2 is 2.05 bits per heavy atom. The molecule has 1 aromatic carbocycles. The van der Waals surface area contributed by atoms with Crippen LogP contribution in [0.5, 0.6) is 0 Å². The highest BCUT2D eigenvalue weighted by molar-refractivity contribution is 6.30. The lowest BCUT2D eigenvalue weighted by Crippen LogP contribution is -2.38. The van der Waals surface area contributed by atoms with Crippen molar-refractivity contribution in [3.8, 4) is 0 Å². The second kappa shape index (κ2) is 7.50. The molecule has 0 heterocycles. The SMILES string of the molecule is COC(CN=C(N)NC1CCCC1)c1ccc(Cl)cc1. The van der Waals surface area contributed by atoms with Crippen LogP contribution in [-0.4, -0.2) is 25.7 Å². The van der Waals surface area contributed by atoms with Gasteiger partial charge in [0.1, 0.15) is 6.10 Å². The first-order chi connectivity index (χ1) is 9.69. The smallest absolute Gasteiger partial charge is 0.188 e. The van der Waals surface area contributed by atoms with Crippen molar-refractivity contribution in [3.63, 3.8) is 0 Å². The van der Waals surface area contributed by atoms with Gasteiger partial charge < -0.3 is 15.8 Å². The minimum absolute atomic E-state index is 0.101. The summed E-state index contributed by atoms with van der Waals surface area (Å²) in [7, 11) is 1.68. The molecule has 1 unspecified atom stereocenters. The summed E-state index contributed by atoms with van der Waals surface area (Å²) in [6.07, 6.45) is 4.81. The van der Waals surface area contributed by atoms with Gasteiger partial charge in [-0.3, -0.25) is 4.99 Å². The van der Waals surface area contributed by atoms with E-state index in [1.54, 1.807) is 7.11 Å². The summed E-state index contributed by atoms with van der Waals surface area (Å²) in [5, 5.41) is 3.99. The number of nitrogens with two attached hydrogens (primary N) is 1. The van der Waals surface area contributed by atoms with Gasteiger partial charge in [-0.2, -0.15) is 0 Å². The number of halogens is 1. The molecule has 0 saturated heterocycles. The lowest BCUT2D eigenvalue weighted by atomic mass is 10.1. The molecule has 1 aliphatic carbocycles. The molecule has 1 aliphatic rings. The zero-order chi connectivity index (χ0) is 14.4. The Morgan fingerprint density at radius 3 is 2.65 bits per heavy atom. The Labute approximate surface area is 125 Å². The highest BCUT2D eigenvalue weighted by Gasteiger charge is 2.15. The second-order valence-corrected chi connectivity index (χ2v) is 5.56. The van der Waals surface area contributed by atoms with Gasteiger partial charge in [0.15, 0.2) is 5.96 Å². The van der Waals surface area contributed by atoms with Crippen molar-refractivity contribution in [1.82, 2.24) is 5.32 Å². The molecule has 1 saturated carbocycles. The fourth-order valence-corrected chi connectivity index (χ4v) is 2.63. The number of hydrogen-bond acceptors (Lipinski definition) is 2. The van der Waals surface area contributed by atoms with Crippen molar-refractivity contribution in [3.05, 3.63) is 34.9 Å². The van der Waals surface area contributed by atoms with Gasteiger partial charge in [0, 0.05) is 18.2 Å². The average molecular weight is 296 g/mol. The van der Waals surface area contributed by atoms with Gasteiger partial charge in [0.05, 0.1) is 6.54 Å². The number of nitrogens with zero attached hydrogens (tertiary/aromatic N) is 1. The zero-order valence-electron chi connectivity index (χ0n) is 11.8. The van der Waals surface area contributed by atoms with Gasteiger partial charge in [-0.05, 0) is 30.5 Å². The summed E-state index contributed by atoms with van der Waals surface area (Å²) < 4.78 is 5.46. The minimum Gasteiger partial charge on any atom is -0.375 e. The van der Waals surface area contributed by atoms with Crippen molar-refractivity contribution in [2.75, 3.05) is 13.7 Å². The largest absolute Gasteiger partial charge is 0.375 e. The molecule has 20 heavy (non-hydrogen) atoms. The normalized spacial score (nSPS) is 18.2. The van der Waals surface area contributed by atoms with E-state index in [0.717, 1.165) is 10.6 Å². The molecule has 0 radical (unpaired) electrons. The highest BCUT2D eigenvalue weighted by Crippen LogP contribution is 2.20. The van der Waals surface area contributed by atoms with Crippen LogP contribution in [0.15, 0.2) is 29.3 Å². The van der Waals surface area contributed by atoms with Gasteiger partial charge in [0.2, 0.25) is 0 Å². The van der Waals surface area contributed by atoms with Crippen molar-refractivity contribution in [2.24, 2.45) is 10.7 Å². The fourth-order valence-electron chi connectivity index (χ4n) is 2.50. The lowest BCUT2D eigenvalue weighted by Gasteiger charge is -2.16. The van der Waals surface area contributed by atoms with E-state index < -0.39 is 0 Å². The highest BCUT2D eigenvalue weighted by atomic mass is 35.5. The van der Waals surface area contributed by atoms with Crippen LogP contribution in [-0.2, 0) is 4.74 Å². The van der Waals surface area contributed by atoms with Crippen molar-refractivity contribution < 1.29 is 4.74 Å². The molecule has 5 heteroatoms. The summed E-state index contributed by atoms with van der Waals surface area (Å²) >= 11 is 5.88. The summed E-state index contributed by atoms with van der Waals surface area (Å²) in [6, 6.07) is 8.09. The van der Waals surface area contributed by atoms with Crippen LogP contribution in [0.4, 0.5) is 0 Å². The third-order valence-corrected chi connectivity index (χ3v) is 3.91. The molecule has 1 aromatic rings. The topological polar surface area (TPSA) is 59.6 Å². The fraction of sp³-hybridized carbons (Fsp3) is 0.533. The van der Waals surface area contributed by atoms with Crippen LogP contribution in [0.2, 0.25) is 5.02 Å². The average Bonchev–Trinajstić information content (AvgIpc) is 2.94. The molecular weight excluding hydrogens is 274 g/mol. The van der Waals surface area contributed by atoms with E-state index in [1.165, 1.54) is 25.7 Å². The molecule has 2 rings (SSSR count). The Morgan fingerprint density at radius 1 is 1.40 bits per heavy atom. The van der Waals surface area contributed by atoms with Crippen molar-refractivity contribution in [1.29, 1.82) is 0 Å². The Balaban J connectivity index is 1.90. The van der Waals surface area contributed by atoms with Crippen LogP contribution >= 0.6 is 11.6 Å².